The van der Waals surface area contributed by atoms with Crippen LogP contribution >= 0.6 is 0 Å². The molecule has 0 bridgehead atoms. The monoisotopic (exact) mass is 230 g/mol. The molecular weight excluding hydrogens is 212 g/mol. The van der Waals surface area contributed by atoms with Crippen LogP contribution in [-0.4, -0.2) is 9.38 Å². The Bertz CT molecular complexity index is 559. The molecule has 2 heterocycles. The van der Waals surface area contributed by atoms with Crippen molar-refractivity contribution >= 4 is 5.65 Å². The summed E-state index contributed by atoms with van der Waals surface area (Å²) in [6.45, 7) is 0. The molecule has 0 radical (unpaired) electrons. The maximum absolute atomic E-state index is 11.3. The summed E-state index contributed by atoms with van der Waals surface area (Å²) in [4.78, 5) is 14.5. The molecule has 90 valence electrons. The number of aromatic amines is 1. The van der Waals surface area contributed by atoms with Crippen LogP contribution in [0.4, 0.5) is 0 Å². The van der Waals surface area contributed by atoms with Gasteiger partial charge in [-0.2, -0.15) is 0 Å². The third kappa shape index (κ3) is 2.02. The third-order valence-corrected chi connectivity index (χ3v) is 3.85. The van der Waals surface area contributed by atoms with Crippen LogP contribution in [0.15, 0.2) is 29.3 Å². The summed E-state index contributed by atoms with van der Waals surface area (Å²) in [7, 11) is 0. The Labute approximate surface area is 100 Å². The number of H-pyrrole nitrogens is 1. The van der Waals surface area contributed by atoms with Crippen LogP contribution in [0, 0.1) is 0 Å². The Kier molecular flexibility index (Phi) is 2.75. The molecule has 0 atom stereocenters. The molecule has 2 aromatic rings. The highest BCUT2D eigenvalue weighted by Crippen LogP contribution is 2.31. The van der Waals surface area contributed by atoms with Gasteiger partial charge in [-0.1, -0.05) is 25.7 Å². The Morgan fingerprint density at radius 2 is 1.94 bits per heavy atom. The standard InChI is InChI=1S/C14H18N2O/c17-12-7-8-16-13(10-15-14(16)9-12)11-5-3-1-2-4-6-11/h7-11,15H,1-6H2. The van der Waals surface area contributed by atoms with E-state index in [0.717, 1.165) is 5.65 Å². The number of imidazole rings is 1. The lowest BCUT2D eigenvalue weighted by Gasteiger charge is -2.13. The smallest absolute Gasteiger partial charge is 0.183 e. The van der Waals surface area contributed by atoms with Crippen LogP contribution in [0.3, 0.4) is 0 Å². The van der Waals surface area contributed by atoms with E-state index in [4.69, 9.17) is 0 Å². The molecule has 0 saturated heterocycles. The molecule has 1 N–H and O–H groups in total. The lowest BCUT2D eigenvalue weighted by Crippen LogP contribution is -2.04. The molecule has 1 saturated carbocycles. The predicted molar refractivity (Wildman–Crippen MR) is 68.5 cm³/mol. The van der Waals surface area contributed by atoms with E-state index in [1.165, 1.54) is 44.2 Å². The zero-order valence-corrected chi connectivity index (χ0v) is 9.98. The van der Waals surface area contributed by atoms with Gasteiger partial charge < -0.3 is 9.38 Å². The Morgan fingerprint density at radius 1 is 1.18 bits per heavy atom. The average Bonchev–Trinajstić information content (AvgIpc) is 2.57. The normalized spacial score (nSPS) is 18.4. The second-order valence-corrected chi connectivity index (χ2v) is 5.02. The minimum atomic E-state index is 0.0688. The number of rotatable bonds is 1. The van der Waals surface area contributed by atoms with E-state index < -0.39 is 0 Å². The van der Waals surface area contributed by atoms with Crippen LogP contribution < -0.4 is 5.43 Å². The second-order valence-electron chi connectivity index (χ2n) is 5.02. The first-order chi connectivity index (χ1) is 8.34. The van der Waals surface area contributed by atoms with E-state index >= 15 is 0 Å². The Morgan fingerprint density at radius 3 is 2.71 bits per heavy atom. The van der Waals surface area contributed by atoms with Crippen molar-refractivity contribution in [3.63, 3.8) is 0 Å². The predicted octanol–water partition coefficient (Wildman–Crippen LogP) is 3.07. The van der Waals surface area contributed by atoms with Gasteiger partial charge in [-0.05, 0) is 12.8 Å². The van der Waals surface area contributed by atoms with Crippen molar-refractivity contribution < 1.29 is 0 Å². The van der Waals surface area contributed by atoms with E-state index in [1.54, 1.807) is 12.1 Å². The fourth-order valence-corrected chi connectivity index (χ4v) is 2.92. The van der Waals surface area contributed by atoms with Crippen LogP contribution in [0.2, 0.25) is 0 Å². The fraction of sp³-hybridized carbons (Fsp3) is 0.500. The van der Waals surface area contributed by atoms with E-state index in [-0.39, 0.29) is 5.43 Å². The van der Waals surface area contributed by atoms with Crippen LogP contribution in [0.25, 0.3) is 5.65 Å². The van der Waals surface area contributed by atoms with E-state index in [0.29, 0.717) is 5.92 Å². The highest BCUT2D eigenvalue weighted by Gasteiger charge is 2.17. The SMILES string of the molecule is O=c1ccn2c(C3CCCCCC3)c[nH]c2c1. The summed E-state index contributed by atoms with van der Waals surface area (Å²) in [6, 6.07) is 3.31. The van der Waals surface area contributed by atoms with Gasteiger partial charge in [-0.25, -0.2) is 0 Å². The molecular formula is C14H18N2O. The first kappa shape index (κ1) is 10.6. The molecule has 0 spiro atoms. The molecule has 17 heavy (non-hydrogen) atoms. The highest BCUT2D eigenvalue weighted by molar-refractivity contribution is 5.40. The summed E-state index contributed by atoms with van der Waals surface area (Å²) in [6.07, 6.45) is 11.9. The molecule has 1 aliphatic rings. The molecule has 3 nitrogen and oxygen atoms in total. The molecule has 0 unspecified atom stereocenters. The van der Waals surface area contributed by atoms with Crippen molar-refractivity contribution in [3.8, 4) is 0 Å². The van der Waals surface area contributed by atoms with Crippen molar-refractivity contribution in [3.05, 3.63) is 40.4 Å². The van der Waals surface area contributed by atoms with Gasteiger partial charge in [0.25, 0.3) is 0 Å². The summed E-state index contributed by atoms with van der Waals surface area (Å²) >= 11 is 0. The summed E-state index contributed by atoms with van der Waals surface area (Å²) in [5.74, 6) is 0.647. The quantitative estimate of drug-likeness (QED) is 0.751. The van der Waals surface area contributed by atoms with Crippen LogP contribution in [0.1, 0.15) is 50.1 Å². The molecule has 1 aliphatic carbocycles. The van der Waals surface area contributed by atoms with Crippen molar-refractivity contribution in [2.45, 2.75) is 44.4 Å². The molecule has 0 aromatic carbocycles. The first-order valence-corrected chi connectivity index (χ1v) is 6.54. The van der Waals surface area contributed by atoms with Gasteiger partial charge in [0.1, 0.15) is 5.65 Å². The van der Waals surface area contributed by atoms with Crippen molar-refractivity contribution in [2.75, 3.05) is 0 Å². The zero-order valence-electron chi connectivity index (χ0n) is 9.98. The lowest BCUT2D eigenvalue weighted by molar-refractivity contribution is 0.574. The second kappa shape index (κ2) is 4.40. The van der Waals surface area contributed by atoms with Gasteiger partial charge in [0.05, 0.1) is 0 Å². The minimum Gasteiger partial charge on any atom is -0.346 e. The van der Waals surface area contributed by atoms with Gasteiger partial charge in [0, 0.05) is 36.1 Å². The Hall–Kier alpha value is -1.51. The van der Waals surface area contributed by atoms with Crippen molar-refractivity contribution in [2.24, 2.45) is 0 Å². The summed E-state index contributed by atoms with van der Waals surface area (Å²) in [5, 5.41) is 0. The van der Waals surface area contributed by atoms with Crippen molar-refractivity contribution in [1.29, 1.82) is 0 Å². The maximum atomic E-state index is 11.3. The summed E-state index contributed by atoms with van der Waals surface area (Å²) in [5.41, 5.74) is 2.32. The summed E-state index contributed by atoms with van der Waals surface area (Å²) < 4.78 is 2.14. The third-order valence-electron chi connectivity index (χ3n) is 3.85. The zero-order chi connectivity index (χ0) is 11.7. The number of pyridine rings is 1. The molecule has 0 amide bonds. The van der Waals surface area contributed by atoms with Gasteiger partial charge in [0.2, 0.25) is 0 Å². The maximum Gasteiger partial charge on any atom is 0.183 e. The van der Waals surface area contributed by atoms with Gasteiger partial charge in [0.15, 0.2) is 5.43 Å². The molecule has 1 fully saturated rings. The van der Waals surface area contributed by atoms with Crippen molar-refractivity contribution in [1.82, 2.24) is 9.38 Å². The minimum absolute atomic E-state index is 0.0688. The van der Waals surface area contributed by atoms with E-state index in [9.17, 15) is 4.79 Å². The lowest BCUT2D eigenvalue weighted by atomic mass is 9.97. The largest absolute Gasteiger partial charge is 0.346 e. The molecule has 3 rings (SSSR count). The van der Waals surface area contributed by atoms with E-state index in [2.05, 4.69) is 15.6 Å². The van der Waals surface area contributed by atoms with Gasteiger partial charge in [-0.3, -0.25) is 4.79 Å². The first-order valence-electron chi connectivity index (χ1n) is 6.54. The van der Waals surface area contributed by atoms with Crippen LogP contribution in [-0.2, 0) is 0 Å². The van der Waals surface area contributed by atoms with E-state index in [1.807, 2.05) is 6.20 Å². The van der Waals surface area contributed by atoms with Crippen LogP contribution in [0.5, 0.6) is 0 Å². The van der Waals surface area contributed by atoms with Gasteiger partial charge in [-0.15, -0.1) is 0 Å². The molecule has 3 heteroatoms. The number of hydrogen-bond donors (Lipinski definition) is 1. The number of nitrogens with zero attached hydrogens (tertiary/aromatic N) is 1. The number of nitrogens with one attached hydrogen (secondary N) is 1. The number of hydrogen-bond acceptors (Lipinski definition) is 1. The molecule has 2 aromatic heterocycles. The average molecular weight is 230 g/mol. The fourth-order valence-electron chi connectivity index (χ4n) is 2.92. The Balaban J connectivity index is 2.01. The number of aromatic nitrogens is 2. The van der Waals surface area contributed by atoms with Gasteiger partial charge >= 0.3 is 0 Å². The highest BCUT2D eigenvalue weighted by atomic mass is 16.1. The molecule has 0 aliphatic heterocycles. The number of fused-ring (bicyclic) bond motifs is 1. The topological polar surface area (TPSA) is 37.3 Å².